The zero-order valence-electron chi connectivity index (χ0n) is 18.8. The van der Waals surface area contributed by atoms with Crippen LogP contribution in [0.15, 0.2) is 12.1 Å². The molecule has 1 aromatic carbocycles. The molecule has 0 atom stereocenters. The summed E-state index contributed by atoms with van der Waals surface area (Å²) in [5.41, 5.74) is 0.190. The van der Waals surface area contributed by atoms with E-state index >= 15 is 0 Å². The van der Waals surface area contributed by atoms with Gasteiger partial charge in [0.1, 0.15) is 0 Å². The van der Waals surface area contributed by atoms with Crippen LogP contribution < -0.4 is 19.5 Å². The lowest BCUT2D eigenvalue weighted by Crippen LogP contribution is -2.24. The smallest absolute Gasteiger partial charge is 0.264 e. The molecule has 0 aliphatic carbocycles. The first-order valence-corrected chi connectivity index (χ1v) is 14.6. The molecule has 34 heavy (non-hydrogen) atoms. The van der Waals surface area contributed by atoms with Gasteiger partial charge < -0.3 is 24.1 Å². The molecule has 0 saturated heterocycles. The summed E-state index contributed by atoms with van der Waals surface area (Å²) < 4.78 is 87.5. The molecular weight excluding hydrogens is 514 g/mol. The number of hydrogen-bond donors (Lipinski definition) is 4. The fourth-order valence-corrected chi connectivity index (χ4v) is 3.76. The van der Waals surface area contributed by atoms with Crippen LogP contribution in [0.4, 0.5) is 0 Å². The van der Waals surface area contributed by atoms with Gasteiger partial charge in [-0.15, -0.1) is 0 Å². The van der Waals surface area contributed by atoms with Crippen LogP contribution in [0.1, 0.15) is 43.0 Å². The maximum atomic E-state index is 12.5. The fraction of sp³-hybridized carbons (Fsp3) is 0.632. The summed E-state index contributed by atoms with van der Waals surface area (Å²) >= 11 is 0.646. The van der Waals surface area contributed by atoms with Crippen LogP contribution in [0, 0.1) is 0 Å². The van der Waals surface area contributed by atoms with E-state index in [-0.39, 0.29) is 55.5 Å². The Balaban J connectivity index is 3.19. The lowest BCUT2D eigenvalue weighted by atomic mass is 10.1. The van der Waals surface area contributed by atoms with E-state index in [0.717, 1.165) is 0 Å². The van der Waals surface area contributed by atoms with Gasteiger partial charge in [0.15, 0.2) is 11.5 Å². The zero-order valence-corrected chi connectivity index (χ0v) is 21.2. The molecule has 0 unspecified atom stereocenters. The molecule has 0 spiro atoms. The molecule has 1 amide bonds. The van der Waals surface area contributed by atoms with Crippen molar-refractivity contribution < 1.29 is 49.5 Å². The summed E-state index contributed by atoms with van der Waals surface area (Å²) in [5.74, 6) is -0.818. The van der Waals surface area contributed by atoms with Crippen LogP contribution in [-0.4, -0.2) is 80.0 Å². The molecule has 12 nitrogen and oxygen atoms in total. The average molecular weight is 546 g/mol. The summed E-state index contributed by atoms with van der Waals surface area (Å²) in [6.45, 7) is 2.22. The summed E-state index contributed by atoms with van der Waals surface area (Å²) in [6.07, 6.45) is 1.10. The Hall–Kier alpha value is -1.78. The van der Waals surface area contributed by atoms with Crippen LogP contribution in [0.2, 0.25) is 0 Å². The Labute approximate surface area is 204 Å². The molecule has 4 N–H and O–H groups in total. The highest BCUT2D eigenvalue weighted by Crippen LogP contribution is 2.39. The van der Waals surface area contributed by atoms with Gasteiger partial charge in [-0.3, -0.25) is 13.9 Å². The number of hydrogen-bond acceptors (Lipinski definition) is 10. The lowest BCUT2D eigenvalue weighted by molar-refractivity contribution is 0.0952. The quantitative estimate of drug-likeness (QED) is 0.120. The fourth-order valence-electron chi connectivity index (χ4n) is 2.55. The first-order valence-electron chi connectivity index (χ1n) is 10.5. The van der Waals surface area contributed by atoms with E-state index in [0.29, 0.717) is 37.2 Å². The minimum Gasteiger partial charge on any atom is -0.489 e. The Morgan fingerprint density at radius 3 is 1.88 bits per heavy atom. The van der Waals surface area contributed by atoms with E-state index in [1.54, 1.807) is 0 Å². The van der Waals surface area contributed by atoms with Gasteiger partial charge in [-0.05, 0) is 49.9 Å². The van der Waals surface area contributed by atoms with E-state index in [2.05, 4.69) is 5.32 Å². The molecule has 15 heteroatoms. The number of carbonyl (C=O) groups is 1. The molecular formula is C19H31NO11S3. The van der Waals surface area contributed by atoms with E-state index in [9.17, 15) is 21.6 Å². The topological polar surface area (TPSA) is 186 Å². The summed E-state index contributed by atoms with van der Waals surface area (Å²) in [7, 11) is -8.36. The maximum Gasteiger partial charge on any atom is 0.264 e. The normalized spacial score (nSPS) is 11.8. The minimum absolute atomic E-state index is 0.0413. The second-order valence-corrected chi connectivity index (χ2v) is 10.9. The second-order valence-electron chi connectivity index (χ2n) is 7.07. The average Bonchev–Trinajstić information content (AvgIpc) is 2.74. The van der Waals surface area contributed by atoms with Gasteiger partial charge in [0, 0.05) is 17.9 Å². The van der Waals surface area contributed by atoms with Gasteiger partial charge in [0.05, 0.1) is 31.3 Å². The number of amides is 1. The molecule has 0 heterocycles. The Morgan fingerprint density at radius 1 is 0.912 bits per heavy atom. The van der Waals surface area contributed by atoms with Crippen molar-refractivity contribution >= 4 is 38.2 Å². The summed E-state index contributed by atoms with van der Waals surface area (Å²) in [4.78, 5) is 12.5. The van der Waals surface area contributed by atoms with Gasteiger partial charge in [-0.1, -0.05) is 6.92 Å². The van der Waals surface area contributed by atoms with Crippen LogP contribution in [0.3, 0.4) is 0 Å². The molecule has 0 bridgehead atoms. The first kappa shape index (κ1) is 30.3. The molecule has 0 fully saturated rings. The van der Waals surface area contributed by atoms with Gasteiger partial charge >= 0.3 is 0 Å². The number of rotatable bonds is 18. The standard InChI is InChI=1S/C19H31NO11S3/c1-2-6-20-19(21)15-13-16(29-7-3-10-32-22)18(31-9-5-12-34(26,27)28)17(14-15)30-8-4-11-33(23,24)25/h13-14,22H,2-12H2,1H3,(H,20,21)(H,23,24,25)(H,26,27,28). The molecule has 1 aromatic rings. The van der Waals surface area contributed by atoms with Crippen LogP contribution in [-0.2, 0) is 20.2 Å². The van der Waals surface area contributed by atoms with Gasteiger partial charge in [0.25, 0.3) is 26.1 Å². The van der Waals surface area contributed by atoms with Crippen molar-refractivity contribution in [1.29, 1.82) is 0 Å². The molecule has 196 valence electrons. The largest absolute Gasteiger partial charge is 0.489 e. The summed E-state index contributed by atoms with van der Waals surface area (Å²) in [6, 6.07) is 2.81. The van der Waals surface area contributed by atoms with E-state index < -0.39 is 37.6 Å². The molecule has 0 radical (unpaired) electrons. The van der Waals surface area contributed by atoms with E-state index in [1.807, 2.05) is 6.92 Å². The first-order chi connectivity index (χ1) is 16.0. The second kappa shape index (κ2) is 15.3. The van der Waals surface area contributed by atoms with Crippen molar-refractivity contribution in [3.05, 3.63) is 17.7 Å². The van der Waals surface area contributed by atoms with Gasteiger partial charge in [-0.2, -0.15) is 16.8 Å². The summed E-state index contributed by atoms with van der Waals surface area (Å²) in [5, 5.41) is 2.72. The third kappa shape index (κ3) is 13.2. The highest BCUT2D eigenvalue weighted by molar-refractivity contribution is 7.93. The van der Waals surface area contributed by atoms with Crippen molar-refractivity contribution in [2.24, 2.45) is 0 Å². The Bertz CT molecular complexity index is 981. The third-order valence-corrected chi connectivity index (χ3v) is 6.13. The van der Waals surface area contributed by atoms with Gasteiger partial charge in [0.2, 0.25) is 5.75 Å². The molecule has 0 saturated carbocycles. The van der Waals surface area contributed by atoms with Crippen molar-refractivity contribution in [3.8, 4) is 17.2 Å². The molecule has 0 aliphatic rings. The number of benzene rings is 1. The molecule has 0 aromatic heterocycles. The van der Waals surface area contributed by atoms with Crippen molar-refractivity contribution in [3.63, 3.8) is 0 Å². The molecule has 1 rings (SSSR count). The van der Waals surface area contributed by atoms with Crippen LogP contribution in [0.25, 0.3) is 0 Å². The van der Waals surface area contributed by atoms with Gasteiger partial charge in [-0.25, -0.2) is 0 Å². The minimum atomic E-state index is -4.18. The zero-order chi connectivity index (χ0) is 25.6. The number of ether oxygens (including phenoxy) is 3. The maximum absolute atomic E-state index is 12.5. The van der Waals surface area contributed by atoms with Crippen molar-refractivity contribution in [1.82, 2.24) is 5.32 Å². The van der Waals surface area contributed by atoms with Crippen molar-refractivity contribution in [2.45, 2.75) is 32.6 Å². The predicted octanol–water partition coefficient (Wildman–Crippen LogP) is 2.11. The van der Waals surface area contributed by atoms with E-state index in [1.165, 1.54) is 12.1 Å². The van der Waals surface area contributed by atoms with E-state index in [4.69, 9.17) is 27.9 Å². The predicted molar refractivity (Wildman–Crippen MR) is 127 cm³/mol. The van der Waals surface area contributed by atoms with Crippen molar-refractivity contribution in [2.75, 3.05) is 43.6 Å². The van der Waals surface area contributed by atoms with Crippen LogP contribution >= 0.6 is 12.0 Å². The number of carbonyl (C=O) groups excluding carboxylic acids is 1. The highest BCUT2D eigenvalue weighted by atomic mass is 32.2. The Kier molecular flexibility index (Phi) is 13.6. The third-order valence-electron chi connectivity index (χ3n) is 4.05. The highest BCUT2D eigenvalue weighted by Gasteiger charge is 2.19. The monoisotopic (exact) mass is 545 g/mol. The van der Waals surface area contributed by atoms with Crippen LogP contribution in [0.5, 0.6) is 17.2 Å². The lowest BCUT2D eigenvalue weighted by Gasteiger charge is -2.18. The Morgan fingerprint density at radius 2 is 1.41 bits per heavy atom. The SMILES string of the molecule is CCCNC(=O)c1cc(OCCCSO)c(OCCCS(=O)(=O)O)c(OCCCS(=O)(=O)O)c1. The molecule has 0 aliphatic heterocycles. The number of nitrogens with one attached hydrogen (secondary N) is 1.